The molecule has 0 N–H and O–H groups in total. The van der Waals surface area contributed by atoms with E-state index in [1.807, 2.05) is 0 Å². The molecule has 5 heavy (non-hydrogen) atoms. The Balaban J connectivity index is -0.0000000133. The third-order valence-electron chi connectivity index (χ3n) is 0. The Kier molecular flexibility index (Phi) is 81.7. The normalized spacial score (nSPS) is 2.40. The minimum absolute atomic E-state index is 0. The zero-order valence-electron chi connectivity index (χ0n) is 1.46. The molecular weight excluding hydrogens is 375 g/mol. The van der Waals surface area contributed by atoms with Gasteiger partial charge in [-0.25, -0.2) is 0 Å². The van der Waals surface area contributed by atoms with Gasteiger partial charge in [-0.3, -0.25) is 0 Å². The molecule has 32 valence electrons. The topological polar surface area (TPSA) is 0 Å². The Bertz CT molecular complexity index is 7.61. The Hall–Kier alpha value is 3.51. The Morgan fingerprint density at radius 1 is 0.800 bits per heavy atom. The van der Waals surface area contributed by atoms with Gasteiger partial charge >= 0.3 is 109 Å². The summed E-state index contributed by atoms with van der Waals surface area (Å²) in [7, 11) is 0. The number of rotatable bonds is 0. The summed E-state index contributed by atoms with van der Waals surface area (Å²) in [6.07, 6.45) is 0. The second kappa shape index (κ2) is 25.8. The molecular formula is HF2Gd2Na. The van der Waals surface area contributed by atoms with E-state index < -0.39 is 0 Å². The van der Waals surface area contributed by atoms with Crippen molar-refractivity contribution in [2.75, 3.05) is 0 Å². The first-order valence-electron chi connectivity index (χ1n) is 0.267. The fraction of sp³-hybridized carbons (Fsp3) is 0. The third kappa shape index (κ3) is 18.5. The van der Waals surface area contributed by atoms with E-state index in [4.69, 9.17) is 0 Å². The average Bonchev–Trinajstić information content (AvgIpc) is 1.50. The summed E-state index contributed by atoms with van der Waals surface area (Å²) in [6, 6.07) is 0. The van der Waals surface area contributed by atoms with Gasteiger partial charge in [-0.15, -0.1) is 0 Å². The van der Waals surface area contributed by atoms with Crippen LogP contribution in [0.1, 0.15) is 0 Å². The predicted octanol–water partition coefficient (Wildman–Crippen LogP) is 0.192. The molecule has 0 bridgehead atoms. The van der Waals surface area contributed by atoms with Crippen molar-refractivity contribution in [1.29, 1.82) is 0 Å². The zero-order chi connectivity index (χ0) is 4.00. The van der Waals surface area contributed by atoms with E-state index >= 15 is 0 Å². The van der Waals surface area contributed by atoms with Crippen LogP contribution in [0, 0.1) is 77.4 Å². The number of hydrogen-bond acceptors (Lipinski definition) is 0. The van der Waals surface area contributed by atoms with E-state index in [0.717, 1.165) is 0 Å². The molecule has 0 spiro atoms. The van der Waals surface area contributed by atoms with E-state index in [0.29, 0.717) is 77.4 Å². The van der Waals surface area contributed by atoms with Crippen LogP contribution in [0.15, 0.2) is 0 Å². The zero-order valence-corrected chi connectivity index (χ0v) is 6.00. The van der Waals surface area contributed by atoms with Gasteiger partial charge in [-0.1, -0.05) is 0 Å². The molecule has 0 saturated carbocycles. The Morgan fingerprint density at radius 3 is 0.800 bits per heavy atom. The van der Waals surface area contributed by atoms with Crippen LogP contribution in [-0.2, 0) is 0 Å². The predicted molar refractivity (Wildman–Crippen MR) is 9.37 cm³/mol. The van der Waals surface area contributed by atoms with Gasteiger partial charge in [0.25, 0.3) is 0 Å². The molecule has 0 aromatic heterocycles. The van der Waals surface area contributed by atoms with E-state index in [9.17, 15) is 2.23 Å². The van der Waals surface area contributed by atoms with Gasteiger partial charge in [0.1, 0.15) is 0 Å². The molecule has 0 fully saturated rings. The van der Waals surface area contributed by atoms with Gasteiger partial charge in [-0.2, -0.15) is 0 Å². The molecule has 0 saturated heterocycles. The van der Waals surface area contributed by atoms with Gasteiger partial charge in [0.05, 0.1) is 0 Å². The van der Waals surface area contributed by atoms with Crippen molar-refractivity contribution in [1.82, 2.24) is 0 Å². The van der Waals surface area contributed by atoms with Crippen LogP contribution in [0.3, 0.4) is 0 Å². The molecule has 0 radical (unpaired) electrons. The quantitative estimate of drug-likeness (QED) is 0.530. The second-order valence-electron chi connectivity index (χ2n) is 0. The van der Waals surface area contributed by atoms with Crippen LogP contribution in [0.4, 0.5) is 2.23 Å². The molecule has 0 aromatic rings. The van der Waals surface area contributed by atoms with Crippen LogP contribution in [0.25, 0.3) is 0 Å². The summed E-state index contributed by atoms with van der Waals surface area (Å²) in [4.78, 5) is 0. The van der Waals surface area contributed by atoms with Crippen LogP contribution in [0.5, 0.6) is 0 Å². The van der Waals surface area contributed by atoms with E-state index in [2.05, 4.69) is 0 Å². The first-order valence-corrected chi connectivity index (χ1v) is 1.98. The van der Waals surface area contributed by atoms with E-state index in [1.165, 1.54) is 0 Å². The molecule has 0 aliphatic carbocycles. The summed E-state index contributed by atoms with van der Waals surface area (Å²) in [6.45, 7) is 0. The van der Waals surface area contributed by atoms with Crippen molar-refractivity contribution in [2.45, 2.75) is 0 Å². The van der Waals surface area contributed by atoms with Gasteiger partial charge in [0.2, 0.25) is 0 Å². The van der Waals surface area contributed by atoms with Crippen molar-refractivity contribution in [3.63, 3.8) is 0 Å². The fourth-order valence-electron chi connectivity index (χ4n) is 0. The molecule has 0 unspecified atom stereocenters. The van der Waals surface area contributed by atoms with Crippen molar-refractivity contribution >= 4 is 29.6 Å². The number of halogens is 2. The summed E-state index contributed by atoms with van der Waals surface area (Å²) in [5.74, 6) is 0. The Morgan fingerprint density at radius 2 is 0.800 bits per heavy atom. The van der Waals surface area contributed by atoms with Crippen molar-refractivity contribution < 1.29 is 79.7 Å². The maximum absolute atomic E-state index is 9.53. The molecule has 0 nitrogen and oxygen atoms in total. The third-order valence-corrected chi connectivity index (χ3v) is 0. The maximum atomic E-state index is 9.53. The van der Waals surface area contributed by atoms with Crippen molar-refractivity contribution in [3.05, 3.63) is 0 Å². The first-order chi connectivity index (χ1) is 2.00. The van der Waals surface area contributed by atoms with Crippen LogP contribution < -0.4 is 0 Å². The van der Waals surface area contributed by atoms with Gasteiger partial charge < -0.3 is 0 Å². The summed E-state index contributed by atoms with van der Waals surface area (Å²) in [5, 5.41) is 0. The van der Waals surface area contributed by atoms with E-state index in [1.54, 1.807) is 0 Å². The molecule has 0 atom stereocenters. The van der Waals surface area contributed by atoms with Crippen LogP contribution in [0.2, 0.25) is 0 Å². The first kappa shape index (κ1) is 15.8. The molecule has 0 aliphatic heterocycles. The summed E-state index contributed by atoms with van der Waals surface area (Å²) >= 11 is 0.722. The molecule has 5 heteroatoms. The SMILES string of the molecule is [F][Gd].[F][Gd].[NaH]. The standard InChI is InChI=1S/2FH.2Gd.Na.H/h2*1H;;;;/q;;2*+1;;/p-2. The Labute approximate surface area is 106 Å². The monoisotopic (exact) mass is 378 g/mol. The van der Waals surface area contributed by atoms with Crippen LogP contribution in [-0.4, -0.2) is 29.6 Å². The molecule has 0 aromatic carbocycles. The average molecular weight is 376 g/mol. The van der Waals surface area contributed by atoms with Gasteiger partial charge in [0, 0.05) is 0 Å². The molecule has 0 aliphatic rings. The summed E-state index contributed by atoms with van der Waals surface area (Å²) in [5.41, 5.74) is 0. The van der Waals surface area contributed by atoms with Crippen molar-refractivity contribution in [3.8, 4) is 0 Å². The second-order valence-corrected chi connectivity index (χ2v) is 0. The van der Waals surface area contributed by atoms with Crippen LogP contribution >= 0.6 is 0 Å². The summed E-state index contributed by atoms with van der Waals surface area (Å²) < 4.78 is 19.1. The molecule has 0 amide bonds. The van der Waals surface area contributed by atoms with Gasteiger partial charge in [0.15, 0.2) is 0 Å². The van der Waals surface area contributed by atoms with Gasteiger partial charge in [-0.05, 0) is 0 Å². The molecule has 0 heterocycles. The number of hydrogen-bond donors (Lipinski definition) is 0. The minimum atomic E-state index is 0. The molecule has 0 rings (SSSR count). The van der Waals surface area contributed by atoms with E-state index in [-0.39, 0.29) is 29.6 Å². The fourth-order valence-corrected chi connectivity index (χ4v) is 0. The van der Waals surface area contributed by atoms with Crippen molar-refractivity contribution in [2.24, 2.45) is 0 Å².